The Morgan fingerprint density at radius 2 is 2.29 bits per heavy atom. The topological polar surface area (TPSA) is 21.3 Å². The second kappa shape index (κ2) is 4.26. The molecule has 4 heteroatoms. The van der Waals surface area contributed by atoms with Crippen molar-refractivity contribution in [3.8, 4) is 0 Å². The standard InChI is InChI=1S/C10H11ClFNO/c11-8-2-1-7(10(12)3-8)4-13-9-5-14-6-9/h1-3,9,13H,4-6H2. The third kappa shape index (κ3) is 2.23. The zero-order valence-electron chi connectivity index (χ0n) is 7.59. The van der Waals surface area contributed by atoms with E-state index in [4.69, 9.17) is 16.3 Å². The highest BCUT2D eigenvalue weighted by molar-refractivity contribution is 6.30. The van der Waals surface area contributed by atoms with Crippen LogP contribution in [0.3, 0.4) is 0 Å². The molecule has 1 fully saturated rings. The molecule has 76 valence electrons. The van der Waals surface area contributed by atoms with Gasteiger partial charge in [-0.15, -0.1) is 0 Å². The van der Waals surface area contributed by atoms with E-state index >= 15 is 0 Å². The molecule has 0 radical (unpaired) electrons. The zero-order valence-corrected chi connectivity index (χ0v) is 8.35. The maximum atomic E-state index is 13.3. The van der Waals surface area contributed by atoms with Crippen LogP contribution >= 0.6 is 11.6 Å². The summed E-state index contributed by atoms with van der Waals surface area (Å²) in [6.07, 6.45) is 0. The molecule has 0 unspecified atom stereocenters. The lowest BCUT2D eigenvalue weighted by atomic mass is 10.2. The molecule has 0 aliphatic carbocycles. The van der Waals surface area contributed by atoms with E-state index < -0.39 is 0 Å². The van der Waals surface area contributed by atoms with Crippen molar-refractivity contribution >= 4 is 11.6 Å². The molecule has 0 bridgehead atoms. The predicted octanol–water partition coefficient (Wildman–Crippen LogP) is 1.97. The summed E-state index contributed by atoms with van der Waals surface area (Å²) >= 11 is 5.64. The van der Waals surface area contributed by atoms with Crippen molar-refractivity contribution in [1.29, 1.82) is 0 Å². The molecule has 1 aromatic rings. The van der Waals surface area contributed by atoms with Crippen molar-refractivity contribution in [3.63, 3.8) is 0 Å². The lowest BCUT2D eigenvalue weighted by molar-refractivity contribution is -0.00588. The van der Waals surface area contributed by atoms with E-state index in [2.05, 4.69) is 5.32 Å². The van der Waals surface area contributed by atoms with Gasteiger partial charge < -0.3 is 10.1 Å². The van der Waals surface area contributed by atoms with Gasteiger partial charge in [0, 0.05) is 17.1 Å². The monoisotopic (exact) mass is 215 g/mol. The number of benzene rings is 1. The second-order valence-electron chi connectivity index (χ2n) is 3.35. The molecule has 2 nitrogen and oxygen atoms in total. The van der Waals surface area contributed by atoms with Gasteiger partial charge in [-0.1, -0.05) is 17.7 Å². The van der Waals surface area contributed by atoms with Crippen LogP contribution in [0.1, 0.15) is 5.56 Å². The van der Waals surface area contributed by atoms with Crippen LogP contribution in [-0.2, 0) is 11.3 Å². The van der Waals surface area contributed by atoms with Crippen LogP contribution < -0.4 is 5.32 Å². The Labute approximate surface area is 87.0 Å². The highest BCUT2D eigenvalue weighted by Gasteiger charge is 2.17. The van der Waals surface area contributed by atoms with Crippen LogP contribution in [0.15, 0.2) is 18.2 Å². The fraction of sp³-hybridized carbons (Fsp3) is 0.400. The van der Waals surface area contributed by atoms with Gasteiger partial charge in [0.25, 0.3) is 0 Å². The summed E-state index contributed by atoms with van der Waals surface area (Å²) in [5.74, 6) is -0.259. The Balaban J connectivity index is 1.94. The molecule has 0 spiro atoms. The molecule has 1 heterocycles. The van der Waals surface area contributed by atoms with E-state index in [1.54, 1.807) is 12.1 Å². The van der Waals surface area contributed by atoms with Crippen molar-refractivity contribution in [3.05, 3.63) is 34.6 Å². The molecular formula is C10H11ClFNO. The van der Waals surface area contributed by atoms with Gasteiger partial charge in [0.15, 0.2) is 0 Å². The second-order valence-corrected chi connectivity index (χ2v) is 3.79. The first-order valence-corrected chi connectivity index (χ1v) is 4.88. The smallest absolute Gasteiger partial charge is 0.129 e. The highest BCUT2D eigenvalue weighted by atomic mass is 35.5. The van der Waals surface area contributed by atoms with Crippen LogP contribution in [0.2, 0.25) is 5.02 Å². The maximum absolute atomic E-state index is 13.3. The van der Waals surface area contributed by atoms with E-state index in [9.17, 15) is 4.39 Å². The predicted molar refractivity (Wildman–Crippen MR) is 52.9 cm³/mol. The van der Waals surface area contributed by atoms with E-state index in [1.807, 2.05) is 0 Å². The van der Waals surface area contributed by atoms with Gasteiger partial charge >= 0.3 is 0 Å². The normalized spacial score (nSPS) is 16.7. The zero-order chi connectivity index (χ0) is 9.97. The summed E-state index contributed by atoms with van der Waals surface area (Å²) in [7, 11) is 0. The van der Waals surface area contributed by atoms with Crippen LogP contribution in [0.5, 0.6) is 0 Å². The number of halogens is 2. The van der Waals surface area contributed by atoms with E-state index in [0.29, 0.717) is 23.2 Å². The maximum Gasteiger partial charge on any atom is 0.129 e. The Kier molecular flexibility index (Phi) is 3.01. The number of hydrogen-bond donors (Lipinski definition) is 1. The fourth-order valence-corrected chi connectivity index (χ4v) is 1.43. The van der Waals surface area contributed by atoms with Gasteiger partial charge in [0.1, 0.15) is 5.82 Å². The molecule has 0 aromatic heterocycles. The molecule has 14 heavy (non-hydrogen) atoms. The minimum absolute atomic E-state index is 0.259. The number of hydrogen-bond acceptors (Lipinski definition) is 2. The van der Waals surface area contributed by atoms with Crippen molar-refractivity contribution < 1.29 is 9.13 Å². The molecule has 1 aliphatic rings. The largest absolute Gasteiger partial charge is 0.378 e. The summed E-state index contributed by atoms with van der Waals surface area (Å²) in [6.45, 7) is 1.96. The summed E-state index contributed by atoms with van der Waals surface area (Å²) in [4.78, 5) is 0. The van der Waals surface area contributed by atoms with Crippen molar-refractivity contribution in [2.75, 3.05) is 13.2 Å². The molecule has 0 atom stereocenters. The quantitative estimate of drug-likeness (QED) is 0.833. The third-order valence-electron chi connectivity index (χ3n) is 2.23. The third-order valence-corrected chi connectivity index (χ3v) is 2.47. The molecule has 2 rings (SSSR count). The molecular weight excluding hydrogens is 205 g/mol. The van der Waals surface area contributed by atoms with E-state index in [0.717, 1.165) is 13.2 Å². The lowest BCUT2D eigenvalue weighted by Gasteiger charge is -2.27. The Hall–Kier alpha value is -0.640. The number of rotatable bonds is 3. The molecule has 1 saturated heterocycles. The number of ether oxygens (including phenoxy) is 1. The SMILES string of the molecule is Fc1cc(Cl)ccc1CNC1COC1. The summed E-state index contributed by atoms with van der Waals surface area (Å²) < 4.78 is 18.3. The fourth-order valence-electron chi connectivity index (χ4n) is 1.27. The van der Waals surface area contributed by atoms with E-state index in [1.165, 1.54) is 6.07 Å². The van der Waals surface area contributed by atoms with Gasteiger partial charge in [-0.2, -0.15) is 0 Å². The van der Waals surface area contributed by atoms with Gasteiger partial charge in [0.2, 0.25) is 0 Å². The van der Waals surface area contributed by atoms with Gasteiger partial charge in [-0.05, 0) is 12.1 Å². The van der Waals surface area contributed by atoms with Crippen molar-refractivity contribution in [1.82, 2.24) is 5.32 Å². The molecule has 1 aromatic carbocycles. The molecule has 1 aliphatic heterocycles. The minimum Gasteiger partial charge on any atom is -0.378 e. The Morgan fingerprint density at radius 1 is 1.50 bits per heavy atom. The van der Waals surface area contributed by atoms with Crippen LogP contribution in [0.4, 0.5) is 4.39 Å². The van der Waals surface area contributed by atoms with Crippen LogP contribution in [0, 0.1) is 5.82 Å². The average Bonchev–Trinajstić information content (AvgIpc) is 2.05. The first-order chi connectivity index (χ1) is 6.75. The Morgan fingerprint density at radius 3 is 2.86 bits per heavy atom. The lowest BCUT2D eigenvalue weighted by Crippen LogP contribution is -2.45. The molecule has 0 saturated carbocycles. The Bertz CT molecular complexity index is 328. The molecule has 0 amide bonds. The van der Waals surface area contributed by atoms with Gasteiger partial charge in [-0.3, -0.25) is 0 Å². The highest BCUT2D eigenvalue weighted by Crippen LogP contribution is 2.14. The minimum atomic E-state index is -0.259. The summed E-state index contributed by atoms with van der Waals surface area (Å²) in [5, 5.41) is 3.62. The summed E-state index contributed by atoms with van der Waals surface area (Å²) in [5.41, 5.74) is 0.640. The first-order valence-electron chi connectivity index (χ1n) is 4.51. The number of nitrogens with one attached hydrogen (secondary N) is 1. The van der Waals surface area contributed by atoms with E-state index in [-0.39, 0.29) is 5.82 Å². The van der Waals surface area contributed by atoms with Crippen molar-refractivity contribution in [2.24, 2.45) is 0 Å². The van der Waals surface area contributed by atoms with Crippen molar-refractivity contribution in [2.45, 2.75) is 12.6 Å². The van der Waals surface area contributed by atoms with Crippen LogP contribution in [0.25, 0.3) is 0 Å². The van der Waals surface area contributed by atoms with Gasteiger partial charge in [-0.25, -0.2) is 4.39 Å². The summed E-state index contributed by atoms with van der Waals surface area (Å²) in [6, 6.07) is 5.09. The van der Waals surface area contributed by atoms with Crippen LogP contribution in [-0.4, -0.2) is 19.3 Å². The first kappa shape index (κ1) is 9.90. The van der Waals surface area contributed by atoms with Gasteiger partial charge in [0.05, 0.1) is 19.3 Å². The molecule has 1 N–H and O–H groups in total. The average molecular weight is 216 g/mol.